The van der Waals surface area contributed by atoms with E-state index in [-0.39, 0.29) is 11.9 Å². The Labute approximate surface area is 110 Å². The molecule has 3 nitrogen and oxygen atoms in total. The molecule has 2 rings (SSSR count). The van der Waals surface area contributed by atoms with E-state index in [9.17, 15) is 4.79 Å². The Balaban J connectivity index is 1.95. The van der Waals surface area contributed by atoms with Crippen molar-refractivity contribution in [2.75, 3.05) is 5.73 Å². The Morgan fingerprint density at radius 1 is 1.59 bits per heavy atom. The average molecular weight is 297 g/mol. The summed E-state index contributed by atoms with van der Waals surface area (Å²) in [5.41, 5.74) is 6.96. The van der Waals surface area contributed by atoms with E-state index in [4.69, 9.17) is 5.73 Å². The molecule has 1 amide bonds. The summed E-state index contributed by atoms with van der Waals surface area (Å²) in [6.07, 6.45) is 3.70. The molecule has 0 bridgehead atoms. The first-order valence-electron chi connectivity index (χ1n) is 5.92. The highest BCUT2D eigenvalue weighted by Crippen LogP contribution is 2.33. The lowest BCUT2D eigenvalue weighted by Gasteiger charge is -2.13. The third kappa shape index (κ3) is 3.46. The van der Waals surface area contributed by atoms with Gasteiger partial charge >= 0.3 is 0 Å². The number of nitrogens with one attached hydrogen (secondary N) is 1. The minimum absolute atomic E-state index is 0.0441. The van der Waals surface area contributed by atoms with Crippen molar-refractivity contribution < 1.29 is 4.79 Å². The number of amides is 1. The zero-order valence-corrected chi connectivity index (χ0v) is 11.5. The van der Waals surface area contributed by atoms with Crippen LogP contribution in [0.5, 0.6) is 0 Å². The van der Waals surface area contributed by atoms with Gasteiger partial charge in [-0.15, -0.1) is 0 Å². The molecule has 17 heavy (non-hydrogen) atoms. The van der Waals surface area contributed by atoms with Gasteiger partial charge in [0, 0.05) is 21.8 Å². The van der Waals surface area contributed by atoms with E-state index >= 15 is 0 Å². The lowest BCUT2D eigenvalue weighted by molar-refractivity contribution is 0.0937. The molecule has 0 spiro atoms. The highest BCUT2D eigenvalue weighted by atomic mass is 79.9. The van der Waals surface area contributed by atoms with Gasteiger partial charge in [0.25, 0.3) is 5.91 Å². The molecular formula is C13H17BrN2O. The van der Waals surface area contributed by atoms with Gasteiger partial charge in [-0.1, -0.05) is 12.8 Å². The van der Waals surface area contributed by atoms with Gasteiger partial charge in [-0.25, -0.2) is 0 Å². The minimum atomic E-state index is -0.0441. The van der Waals surface area contributed by atoms with Crippen LogP contribution in [0, 0.1) is 5.92 Å². The second-order valence-corrected chi connectivity index (χ2v) is 5.64. The molecule has 0 radical (unpaired) electrons. The topological polar surface area (TPSA) is 55.1 Å². The fourth-order valence-corrected chi connectivity index (χ4v) is 2.15. The maximum absolute atomic E-state index is 11.9. The van der Waals surface area contributed by atoms with Crippen LogP contribution in [0.2, 0.25) is 0 Å². The molecule has 92 valence electrons. The predicted octanol–water partition coefficient (Wildman–Crippen LogP) is 2.95. The van der Waals surface area contributed by atoms with E-state index in [0.717, 1.165) is 16.8 Å². The summed E-state index contributed by atoms with van der Waals surface area (Å²) in [7, 11) is 0. The molecule has 4 heteroatoms. The summed E-state index contributed by atoms with van der Waals surface area (Å²) in [4.78, 5) is 11.9. The molecule has 1 aliphatic carbocycles. The molecule has 1 saturated carbocycles. The third-order valence-electron chi connectivity index (χ3n) is 3.02. The maximum Gasteiger partial charge on any atom is 0.251 e. The van der Waals surface area contributed by atoms with E-state index in [0.29, 0.717) is 11.3 Å². The molecule has 0 aromatic heterocycles. The van der Waals surface area contributed by atoms with Crippen molar-refractivity contribution >= 4 is 27.5 Å². The van der Waals surface area contributed by atoms with Crippen molar-refractivity contribution in [3.05, 3.63) is 28.2 Å². The van der Waals surface area contributed by atoms with Gasteiger partial charge in [-0.3, -0.25) is 4.79 Å². The van der Waals surface area contributed by atoms with Crippen molar-refractivity contribution in [2.45, 2.75) is 32.2 Å². The Bertz CT molecular complexity index is 429. The fraction of sp³-hybridized carbons (Fsp3) is 0.462. The Hall–Kier alpha value is -1.03. The molecule has 3 N–H and O–H groups in total. The summed E-state index contributed by atoms with van der Waals surface area (Å²) in [5.74, 6) is 0.776. The highest BCUT2D eigenvalue weighted by Gasteiger charge is 2.24. The first-order valence-corrected chi connectivity index (χ1v) is 6.71. The van der Waals surface area contributed by atoms with Gasteiger partial charge in [0.05, 0.1) is 0 Å². The van der Waals surface area contributed by atoms with Crippen LogP contribution in [-0.4, -0.2) is 11.9 Å². The lowest BCUT2D eigenvalue weighted by Crippen LogP contribution is -2.32. The molecule has 1 atom stereocenters. The van der Waals surface area contributed by atoms with Crippen molar-refractivity contribution in [3.8, 4) is 0 Å². The number of hydrogen-bond acceptors (Lipinski definition) is 2. The standard InChI is InChI=1S/C13H17BrN2O/c1-8(6-9-2-3-9)16-13(17)10-4-5-11(14)12(15)7-10/h4-5,7-9H,2-3,6,15H2,1H3,(H,16,17). The number of nitrogens with two attached hydrogens (primary N) is 1. The second-order valence-electron chi connectivity index (χ2n) is 4.79. The van der Waals surface area contributed by atoms with Crippen LogP contribution in [-0.2, 0) is 0 Å². The number of nitrogen functional groups attached to an aromatic ring is 1. The zero-order chi connectivity index (χ0) is 12.4. The normalized spacial score (nSPS) is 16.6. The first-order chi connectivity index (χ1) is 8.06. The highest BCUT2D eigenvalue weighted by molar-refractivity contribution is 9.10. The third-order valence-corrected chi connectivity index (χ3v) is 3.74. The van der Waals surface area contributed by atoms with Gasteiger partial charge in [0.2, 0.25) is 0 Å². The van der Waals surface area contributed by atoms with E-state index in [1.165, 1.54) is 12.8 Å². The summed E-state index contributed by atoms with van der Waals surface area (Å²) < 4.78 is 0.820. The lowest BCUT2D eigenvalue weighted by atomic mass is 10.1. The van der Waals surface area contributed by atoms with E-state index in [2.05, 4.69) is 28.2 Å². The van der Waals surface area contributed by atoms with Crippen molar-refractivity contribution in [1.82, 2.24) is 5.32 Å². The largest absolute Gasteiger partial charge is 0.398 e. The summed E-state index contributed by atoms with van der Waals surface area (Å²) in [6, 6.07) is 5.51. The molecule has 1 fully saturated rings. The summed E-state index contributed by atoms with van der Waals surface area (Å²) >= 11 is 3.31. The second kappa shape index (κ2) is 5.08. The SMILES string of the molecule is CC(CC1CC1)NC(=O)c1ccc(Br)c(N)c1. The van der Waals surface area contributed by atoms with Crippen LogP contribution < -0.4 is 11.1 Å². The van der Waals surface area contributed by atoms with E-state index in [1.54, 1.807) is 18.2 Å². The molecule has 0 aliphatic heterocycles. The van der Waals surface area contributed by atoms with Crippen molar-refractivity contribution in [3.63, 3.8) is 0 Å². The number of carbonyl (C=O) groups excluding carboxylic acids is 1. The Kier molecular flexibility index (Phi) is 3.72. The Morgan fingerprint density at radius 3 is 2.88 bits per heavy atom. The van der Waals surface area contributed by atoms with Crippen molar-refractivity contribution in [1.29, 1.82) is 0 Å². The number of anilines is 1. The number of carbonyl (C=O) groups is 1. The van der Waals surface area contributed by atoms with Crippen LogP contribution >= 0.6 is 15.9 Å². The van der Waals surface area contributed by atoms with E-state index in [1.807, 2.05) is 0 Å². The van der Waals surface area contributed by atoms with Gasteiger partial charge in [0.15, 0.2) is 0 Å². The van der Waals surface area contributed by atoms with Crippen LogP contribution in [0.4, 0.5) is 5.69 Å². The molecule has 0 heterocycles. The predicted molar refractivity (Wildman–Crippen MR) is 72.8 cm³/mol. The number of halogens is 1. The van der Waals surface area contributed by atoms with Crippen molar-refractivity contribution in [2.24, 2.45) is 5.92 Å². The number of benzene rings is 1. The summed E-state index contributed by atoms with van der Waals surface area (Å²) in [5, 5.41) is 3.00. The molecule has 1 aromatic rings. The van der Waals surface area contributed by atoms with Crippen LogP contribution in [0.1, 0.15) is 36.5 Å². The van der Waals surface area contributed by atoms with Gasteiger partial charge < -0.3 is 11.1 Å². The van der Waals surface area contributed by atoms with Gasteiger partial charge in [0.1, 0.15) is 0 Å². The van der Waals surface area contributed by atoms with Gasteiger partial charge in [-0.2, -0.15) is 0 Å². The van der Waals surface area contributed by atoms with Gasteiger partial charge in [-0.05, 0) is 53.4 Å². The monoisotopic (exact) mass is 296 g/mol. The number of hydrogen-bond donors (Lipinski definition) is 2. The average Bonchev–Trinajstić information content (AvgIpc) is 3.05. The molecular weight excluding hydrogens is 280 g/mol. The quantitative estimate of drug-likeness (QED) is 0.840. The maximum atomic E-state index is 11.9. The molecule has 1 aromatic carbocycles. The summed E-state index contributed by atoms with van der Waals surface area (Å²) in [6.45, 7) is 2.05. The fourth-order valence-electron chi connectivity index (χ4n) is 1.90. The van der Waals surface area contributed by atoms with E-state index < -0.39 is 0 Å². The van der Waals surface area contributed by atoms with Crippen LogP contribution in [0.3, 0.4) is 0 Å². The number of rotatable bonds is 4. The molecule has 1 unspecified atom stereocenters. The van der Waals surface area contributed by atoms with Crippen LogP contribution in [0.25, 0.3) is 0 Å². The minimum Gasteiger partial charge on any atom is -0.398 e. The smallest absolute Gasteiger partial charge is 0.251 e. The zero-order valence-electron chi connectivity index (χ0n) is 9.87. The van der Waals surface area contributed by atoms with Crippen LogP contribution in [0.15, 0.2) is 22.7 Å². The first kappa shape index (κ1) is 12.4. The molecule has 1 aliphatic rings. The Morgan fingerprint density at radius 2 is 2.29 bits per heavy atom. The molecule has 0 saturated heterocycles.